The first-order chi connectivity index (χ1) is 13.5. The van der Waals surface area contributed by atoms with Gasteiger partial charge in [-0.3, -0.25) is 4.79 Å². The van der Waals surface area contributed by atoms with Gasteiger partial charge in [0, 0.05) is 5.92 Å². The van der Waals surface area contributed by atoms with Gasteiger partial charge in [-0.15, -0.1) is 0 Å². The van der Waals surface area contributed by atoms with E-state index in [0.29, 0.717) is 0 Å². The summed E-state index contributed by atoms with van der Waals surface area (Å²) >= 11 is 0. The second-order valence-corrected chi connectivity index (χ2v) is 6.32. The van der Waals surface area contributed by atoms with Crippen molar-refractivity contribution in [1.29, 1.82) is 0 Å². The number of carbonyl (C=O) groups excluding carboxylic acids is 2. The van der Waals surface area contributed by atoms with Crippen LogP contribution >= 0.6 is 0 Å². The van der Waals surface area contributed by atoms with Gasteiger partial charge in [0.05, 0.1) is 6.61 Å². The fourth-order valence-corrected chi connectivity index (χ4v) is 3.23. The molecule has 0 saturated carbocycles. The predicted octanol–water partition coefficient (Wildman–Crippen LogP) is 1.09. The van der Waals surface area contributed by atoms with Crippen molar-refractivity contribution in [2.45, 2.75) is 12.0 Å². The number of fused-ring (bicyclic) bond motifs is 3. The van der Waals surface area contributed by atoms with Crippen molar-refractivity contribution in [2.24, 2.45) is 0 Å². The van der Waals surface area contributed by atoms with Gasteiger partial charge in [0.2, 0.25) is 5.91 Å². The molecule has 0 unspecified atom stereocenters. The summed E-state index contributed by atoms with van der Waals surface area (Å²) in [6.07, 6.45) is -0.784. The molecule has 0 aliphatic heterocycles. The van der Waals surface area contributed by atoms with Crippen molar-refractivity contribution in [2.75, 3.05) is 19.8 Å². The molecule has 0 spiro atoms. The Bertz CT molecular complexity index is 852. The summed E-state index contributed by atoms with van der Waals surface area (Å²) in [5, 5.41) is 22.0. The van der Waals surface area contributed by atoms with Gasteiger partial charge in [-0.1, -0.05) is 48.5 Å². The van der Waals surface area contributed by atoms with E-state index in [1.54, 1.807) is 0 Å². The average Bonchev–Trinajstić information content (AvgIpc) is 3.02. The van der Waals surface area contributed by atoms with E-state index in [9.17, 15) is 14.4 Å². The number of aliphatic carboxylic acids is 1. The number of aliphatic hydroxyl groups is 1. The van der Waals surface area contributed by atoms with Gasteiger partial charge in [-0.05, 0) is 22.3 Å². The lowest BCUT2D eigenvalue weighted by Gasteiger charge is -2.15. The van der Waals surface area contributed by atoms with Crippen molar-refractivity contribution in [1.82, 2.24) is 10.6 Å². The number of ether oxygens (including phenoxy) is 1. The minimum Gasteiger partial charge on any atom is -0.480 e. The molecule has 8 heteroatoms. The van der Waals surface area contributed by atoms with E-state index < -0.39 is 37.2 Å². The van der Waals surface area contributed by atoms with Crippen LogP contribution in [0.15, 0.2) is 48.5 Å². The van der Waals surface area contributed by atoms with Crippen molar-refractivity contribution < 1.29 is 29.3 Å². The minimum absolute atomic E-state index is 0.0993. The summed E-state index contributed by atoms with van der Waals surface area (Å²) in [6.45, 7) is -1.09. The molecule has 0 aromatic heterocycles. The number of carboxylic acid groups (broad SMARTS) is 1. The molecular weight excluding hydrogens is 364 g/mol. The van der Waals surface area contributed by atoms with Gasteiger partial charge in [0.25, 0.3) is 0 Å². The Morgan fingerprint density at radius 3 is 2.11 bits per heavy atom. The van der Waals surface area contributed by atoms with Crippen molar-refractivity contribution in [3.05, 3.63) is 59.7 Å². The van der Waals surface area contributed by atoms with Crippen LogP contribution in [0.5, 0.6) is 0 Å². The second-order valence-electron chi connectivity index (χ2n) is 6.32. The molecule has 2 aromatic carbocycles. The Morgan fingerprint density at radius 1 is 1.00 bits per heavy atom. The quantitative estimate of drug-likeness (QED) is 0.566. The highest BCUT2D eigenvalue weighted by Crippen LogP contribution is 2.44. The maximum absolute atomic E-state index is 11.9. The van der Waals surface area contributed by atoms with E-state index in [-0.39, 0.29) is 12.5 Å². The SMILES string of the molecule is O=C(CNC(=O)OCC1c2ccccc2-c2ccccc21)N[C@H](CO)C(=O)O. The fraction of sp³-hybridized carbons (Fsp3) is 0.250. The lowest BCUT2D eigenvalue weighted by atomic mass is 9.98. The number of benzene rings is 2. The number of hydrogen-bond acceptors (Lipinski definition) is 5. The lowest BCUT2D eigenvalue weighted by Crippen LogP contribution is -2.47. The summed E-state index contributed by atoms with van der Waals surface area (Å²) in [7, 11) is 0. The van der Waals surface area contributed by atoms with E-state index >= 15 is 0 Å². The molecule has 0 saturated heterocycles. The Kier molecular flexibility index (Phi) is 5.90. The van der Waals surface area contributed by atoms with Gasteiger partial charge in [0.15, 0.2) is 0 Å². The number of amides is 2. The minimum atomic E-state index is -1.42. The van der Waals surface area contributed by atoms with Crippen molar-refractivity contribution in [3.63, 3.8) is 0 Å². The molecule has 3 rings (SSSR count). The third-order valence-electron chi connectivity index (χ3n) is 4.55. The third-order valence-corrected chi connectivity index (χ3v) is 4.55. The van der Waals surface area contributed by atoms with E-state index in [0.717, 1.165) is 22.3 Å². The van der Waals surface area contributed by atoms with Crippen LogP contribution in [0.4, 0.5) is 4.79 Å². The second kappa shape index (κ2) is 8.53. The maximum Gasteiger partial charge on any atom is 0.407 e. The fourth-order valence-electron chi connectivity index (χ4n) is 3.23. The monoisotopic (exact) mass is 384 g/mol. The van der Waals surface area contributed by atoms with Gasteiger partial charge < -0.3 is 25.6 Å². The largest absolute Gasteiger partial charge is 0.480 e. The Labute approximate surface area is 161 Å². The molecule has 8 nitrogen and oxygen atoms in total. The molecule has 0 bridgehead atoms. The van der Waals surface area contributed by atoms with E-state index in [4.69, 9.17) is 14.9 Å². The number of rotatable bonds is 7. The molecule has 146 valence electrons. The van der Waals surface area contributed by atoms with Crippen LogP contribution in [-0.2, 0) is 14.3 Å². The highest BCUT2D eigenvalue weighted by Gasteiger charge is 2.29. The number of carboxylic acids is 1. The molecule has 28 heavy (non-hydrogen) atoms. The molecule has 4 N–H and O–H groups in total. The number of aliphatic hydroxyl groups excluding tert-OH is 1. The van der Waals surface area contributed by atoms with Crippen LogP contribution in [0.2, 0.25) is 0 Å². The molecule has 1 atom stereocenters. The first-order valence-corrected chi connectivity index (χ1v) is 8.73. The van der Waals surface area contributed by atoms with Gasteiger partial charge >= 0.3 is 12.1 Å². The Morgan fingerprint density at radius 2 is 1.57 bits per heavy atom. The van der Waals surface area contributed by atoms with Crippen LogP contribution in [0.25, 0.3) is 11.1 Å². The van der Waals surface area contributed by atoms with E-state index in [1.165, 1.54) is 0 Å². The summed E-state index contributed by atoms with van der Waals surface area (Å²) < 4.78 is 5.27. The number of alkyl carbamates (subject to hydrolysis) is 1. The third kappa shape index (κ3) is 4.12. The smallest absolute Gasteiger partial charge is 0.407 e. The van der Waals surface area contributed by atoms with E-state index in [1.807, 2.05) is 48.5 Å². The maximum atomic E-state index is 11.9. The molecular formula is C20H20N2O6. The van der Waals surface area contributed by atoms with Gasteiger partial charge in [0.1, 0.15) is 19.2 Å². The van der Waals surface area contributed by atoms with Crippen molar-refractivity contribution >= 4 is 18.0 Å². The zero-order valence-corrected chi connectivity index (χ0v) is 14.9. The number of nitrogens with one attached hydrogen (secondary N) is 2. The average molecular weight is 384 g/mol. The summed E-state index contributed by atoms with van der Waals surface area (Å²) in [6, 6.07) is 14.4. The molecule has 0 heterocycles. The Balaban J connectivity index is 1.55. The van der Waals surface area contributed by atoms with Crippen LogP contribution in [-0.4, -0.2) is 54.0 Å². The molecule has 2 aromatic rings. The van der Waals surface area contributed by atoms with Crippen LogP contribution in [0.3, 0.4) is 0 Å². The van der Waals surface area contributed by atoms with Gasteiger partial charge in [-0.2, -0.15) is 0 Å². The summed E-state index contributed by atoms with van der Waals surface area (Å²) in [5.41, 5.74) is 4.35. The van der Waals surface area contributed by atoms with Crippen molar-refractivity contribution in [3.8, 4) is 11.1 Å². The molecule has 0 fully saturated rings. The van der Waals surface area contributed by atoms with E-state index in [2.05, 4.69) is 10.6 Å². The normalized spacial score (nSPS) is 13.2. The lowest BCUT2D eigenvalue weighted by molar-refractivity contribution is -0.142. The number of hydrogen-bond donors (Lipinski definition) is 4. The summed E-state index contributed by atoms with van der Waals surface area (Å²) in [5.74, 6) is -2.20. The zero-order chi connectivity index (χ0) is 20.1. The molecule has 1 aliphatic rings. The summed E-state index contributed by atoms with van der Waals surface area (Å²) in [4.78, 5) is 34.4. The molecule has 2 amide bonds. The highest BCUT2D eigenvalue weighted by atomic mass is 16.5. The van der Waals surface area contributed by atoms with Crippen LogP contribution in [0, 0.1) is 0 Å². The zero-order valence-electron chi connectivity index (χ0n) is 14.9. The highest BCUT2D eigenvalue weighted by molar-refractivity contribution is 5.86. The number of carbonyl (C=O) groups is 3. The molecule has 1 aliphatic carbocycles. The first-order valence-electron chi connectivity index (χ1n) is 8.73. The standard InChI is InChI=1S/C20H20N2O6/c23-10-17(19(25)26)22-18(24)9-21-20(27)28-11-16-14-7-3-1-5-12(14)13-6-2-4-8-15(13)16/h1-8,16-17,23H,9-11H2,(H,21,27)(H,22,24)(H,25,26)/t17-/m1/s1. The topological polar surface area (TPSA) is 125 Å². The Hall–Kier alpha value is -3.39. The van der Waals surface area contributed by atoms with Gasteiger partial charge in [-0.25, -0.2) is 9.59 Å². The van der Waals surface area contributed by atoms with Crippen LogP contribution in [0.1, 0.15) is 17.0 Å². The first kappa shape index (κ1) is 19.4. The van der Waals surface area contributed by atoms with Crippen LogP contribution < -0.4 is 10.6 Å². The molecule has 0 radical (unpaired) electrons. The predicted molar refractivity (Wildman–Crippen MR) is 99.7 cm³/mol.